The molecule has 0 aliphatic heterocycles. The molecule has 0 unspecified atom stereocenters. The summed E-state index contributed by atoms with van der Waals surface area (Å²) in [5.74, 6) is 0.701. The molecule has 18 heavy (non-hydrogen) atoms. The first-order valence-corrected chi connectivity index (χ1v) is 5.88. The molecule has 1 aromatic carbocycles. The molecule has 0 spiro atoms. The summed E-state index contributed by atoms with van der Waals surface area (Å²) in [5.41, 5.74) is 0.470. The fourth-order valence-electron chi connectivity index (χ4n) is 1.45. The summed E-state index contributed by atoms with van der Waals surface area (Å²) >= 11 is 3.21. The van der Waals surface area contributed by atoms with E-state index in [0.717, 1.165) is 0 Å². The molecule has 0 saturated heterocycles. The molecule has 1 heterocycles. The monoisotopic (exact) mass is 311 g/mol. The van der Waals surface area contributed by atoms with Crippen molar-refractivity contribution in [1.82, 2.24) is 14.8 Å². The second-order valence-corrected chi connectivity index (χ2v) is 4.55. The topological polar surface area (TPSA) is 85.9 Å². The Kier molecular flexibility index (Phi) is 3.56. The van der Waals surface area contributed by atoms with Crippen molar-refractivity contribution >= 4 is 27.3 Å². The van der Waals surface area contributed by atoms with Crippen molar-refractivity contribution in [2.24, 2.45) is 7.05 Å². The third-order valence-corrected chi connectivity index (χ3v) is 2.89. The van der Waals surface area contributed by atoms with E-state index in [1.807, 2.05) is 7.05 Å². The highest BCUT2D eigenvalue weighted by molar-refractivity contribution is 9.10. The van der Waals surface area contributed by atoms with Crippen LogP contribution in [-0.4, -0.2) is 19.7 Å². The minimum absolute atomic E-state index is 0.0199. The molecule has 0 amide bonds. The van der Waals surface area contributed by atoms with Gasteiger partial charge in [-0.05, 0) is 12.1 Å². The highest BCUT2D eigenvalue weighted by Crippen LogP contribution is 2.28. The smallest absolute Gasteiger partial charge is 0.293 e. The van der Waals surface area contributed by atoms with Crippen molar-refractivity contribution in [1.29, 1.82) is 0 Å². The van der Waals surface area contributed by atoms with Crippen LogP contribution in [0.25, 0.3) is 0 Å². The van der Waals surface area contributed by atoms with Gasteiger partial charge in [0.25, 0.3) is 5.69 Å². The van der Waals surface area contributed by atoms with Gasteiger partial charge in [0.05, 0.1) is 11.5 Å². The number of rotatable bonds is 4. The van der Waals surface area contributed by atoms with E-state index in [-0.39, 0.29) is 5.69 Å². The lowest BCUT2D eigenvalue weighted by atomic mass is 10.2. The highest BCUT2D eigenvalue weighted by atomic mass is 79.9. The maximum Gasteiger partial charge on any atom is 0.293 e. The number of halogens is 1. The number of nitro benzene ring substituents is 1. The van der Waals surface area contributed by atoms with Crippen LogP contribution in [0.3, 0.4) is 0 Å². The van der Waals surface area contributed by atoms with Gasteiger partial charge in [-0.2, -0.15) is 0 Å². The number of hydrogen-bond acceptors (Lipinski definition) is 5. The van der Waals surface area contributed by atoms with Gasteiger partial charge in [-0.25, -0.2) is 0 Å². The van der Waals surface area contributed by atoms with Crippen molar-refractivity contribution in [3.8, 4) is 0 Å². The molecular formula is C10H10BrN5O2. The Morgan fingerprint density at radius 3 is 2.94 bits per heavy atom. The predicted octanol–water partition coefficient (Wildman–Crippen LogP) is 2.10. The van der Waals surface area contributed by atoms with Gasteiger partial charge >= 0.3 is 0 Å². The van der Waals surface area contributed by atoms with Crippen LogP contribution in [0.15, 0.2) is 29.0 Å². The van der Waals surface area contributed by atoms with E-state index in [0.29, 0.717) is 22.5 Å². The Hall–Kier alpha value is -1.96. The van der Waals surface area contributed by atoms with Gasteiger partial charge in [-0.1, -0.05) is 15.9 Å². The van der Waals surface area contributed by atoms with Gasteiger partial charge in [0, 0.05) is 17.6 Å². The van der Waals surface area contributed by atoms with E-state index < -0.39 is 4.92 Å². The molecule has 1 N–H and O–H groups in total. The Morgan fingerprint density at radius 1 is 1.56 bits per heavy atom. The Bertz CT molecular complexity index is 583. The first-order chi connectivity index (χ1) is 8.58. The lowest BCUT2D eigenvalue weighted by molar-refractivity contribution is -0.384. The van der Waals surface area contributed by atoms with E-state index in [9.17, 15) is 10.1 Å². The van der Waals surface area contributed by atoms with Crippen molar-refractivity contribution < 1.29 is 4.92 Å². The molecule has 2 aromatic rings. The number of nitrogens with zero attached hydrogens (tertiary/aromatic N) is 4. The Labute approximate surface area is 111 Å². The largest absolute Gasteiger partial charge is 0.372 e. The molecule has 0 saturated carbocycles. The number of benzene rings is 1. The number of hydrogen-bond donors (Lipinski definition) is 1. The van der Waals surface area contributed by atoms with Crippen LogP contribution in [0, 0.1) is 10.1 Å². The number of anilines is 1. The fraction of sp³-hybridized carbons (Fsp3) is 0.200. The van der Waals surface area contributed by atoms with Crippen LogP contribution >= 0.6 is 15.9 Å². The Morgan fingerprint density at radius 2 is 2.33 bits per heavy atom. The number of nitro groups is 1. The molecule has 0 atom stereocenters. The van der Waals surface area contributed by atoms with Crippen LogP contribution < -0.4 is 5.32 Å². The third kappa shape index (κ3) is 2.65. The predicted molar refractivity (Wildman–Crippen MR) is 69.1 cm³/mol. The standard InChI is InChI=1S/C10H10BrN5O2/c1-15-6-13-14-10(15)5-12-8-3-2-7(11)4-9(8)16(17)18/h2-4,6,12H,5H2,1H3. The van der Waals surface area contributed by atoms with Gasteiger partial charge in [0.15, 0.2) is 5.82 Å². The lowest BCUT2D eigenvalue weighted by Gasteiger charge is -2.06. The summed E-state index contributed by atoms with van der Waals surface area (Å²) in [6.45, 7) is 0.374. The number of aryl methyl sites for hydroxylation is 1. The van der Waals surface area contributed by atoms with E-state index in [2.05, 4.69) is 31.4 Å². The van der Waals surface area contributed by atoms with Crippen LogP contribution in [-0.2, 0) is 13.6 Å². The number of aromatic nitrogens is 3. The molecule has 7 nitrogen and oxygen atoms in total. The summed E-state index contributed by atoms with van der Waals surface area (Å²) in [5, 5.41) is 21.5. The minimum Gasteiger partial charge on any atom is -0.372 e. The molecule has 0 fully saturated rings. The molecule has 0 bridgehead atoms. The van der Waals surface area contributed by atoms with Gasteiger partial charge in [-0.3, -0.25) is 10.1 Å². The third-order valence-electron chi connectivity index (χ3n) is 2.40. The summed E-state index contributed by atoms with van der Waals surface area (Å²) in [4.78, 5) is 10.5. The first-order valence-electron chi connectivity index (χ1n) is 5.08. The summed E-state index contributed by atoms with van der Waals surface area (Å²) < 4.78 is 2.41. The molecular weight excluding hydrogens is 302 g/mol. The van der Waals surface area contributed by atoms with Gasteiger partial charge < -0.3 is 9.88 Å². The van der Waals surface area contributed by atoms with Gasteiger partial charge in [0.2, 0.25) is 0 Å². The SMILES string of the molecule is Cn1cnnc1CNc1ccc(Br)cc1[N+](=O)[O-]. The fourth-order valence-corrected chi connectivity index (χ4v) is 1.80. The van der Waals surface area contributed by atoms with Crippen molar-refractivity contribution in [2.75, 3.05) is 5.32 Å². The molecule has 0 aliphatic carbocycles. The van der Waals surface area contributed by atoms with Crippen LogP contribution in [0.5, 0.6) is 0 Å². The second kappa shape index (κ2) is 5.13. The highest BCUT2D eigenvalue weighted by Gasteiger charge is 2.14. The zero-order valence-corrected chi connectivity index (χ0v) is 11.1. The molecule has 0 aliphatic rings. The normalized spacial score (nSPS) is 10.3. The maximum absolute atomic E-state index is 10.9. The van der Waals surface area contributed by atoms with Crippen LogP contribution in [0.4, 0.5) is 11.4 Å². The zero-order chi connectivity index (χ0) is 13.1. The van der Waals surface area contributed by atoms with Crippen molar-refractivity contribution in [2.45, 2.75) is 6.54 Å². The number of nitrogens with one attached hydrogen (secondary N) is 1. The zero-order valence-electron chi connectivity index (χ0n) is 9.50. The van der Waals surface area contributed by atoms with E-state index >= 15 is 0 Å². The summed E-state index contributed by atoms with van der Waals surface area (Å²) in [7, 11) is 1.81. The minimum atomic E-state index is -0.427. The summed E-state index contributed by atoms with van der Waals surface area (Å²) in [6.07, 6.45) is 1.58. The van der Waals surface area contributed by atoms with Gasteiger partial charge in [-0.15, -0.1) is 10.2 Å². The molecule has 2 rings (SSSR count). The first kappa shape index (κ1) is 12.5. The average Bonchev–Trinajstić information content (AvgIpc) is 2.73. The molecule has 0 radical (unpaired) electrons. The van der Waals surface area contributed by atoms with Crippen LogP contribution in [0.1, 0.15) is 5.82 Å². The van der Waals surface area contributed by atoms with Gasteiger partial charge in [0.1, 0.15) is 12.0 Å². The molecule has 94 valence electrons. The lowest BCUT2D eigenvalue weighted by Crippen LogP contribution is -2.07. The average molecular weight is 312 g/mol. The second-order valence-electron chi connectivity index (χ2n) is 3.63. The summed E-state index contributed by atoms with van der Waals surface area (Å²) in [6, 6.07) is 4.85. The van der Waals surface area contributed by atoms with Crippen molar-refractivity contribution in [3.63, 3.8) is 0 Å². The van der Waals surface area contributed by atoms with E-state index in [1.165, 1.54) is 6.07 Å². The maximum atomic E-state index is 10.9. The molecule has 1 aromatic heterocycles. The van der Waals surface area contributed by atoms with E-state index in [4.69, 9.17) is 0 Å². The van der Waals surface area contributed by atoms with Crippen molar-refractivity contribution in [3.05, 3.63) is 44.9 Å². The van der Waals surface area contributed by atoms with Crippen LogP contribution in [0.2, 0.25) is 0 Å². The quantitative estimate of drug-likeness (QED) is 0.690. The Balaban J connectivity index is 2.19. The molecule has 8 heteroatoms. The van der Waals surface area contributed by atoms with E-state index in [1.54, 1.807) is 23.0 Å².